The van der Waals surface area contributed by atoms with Crippen LogP contribution in [0.25, 0.3) is 122 Å². The van der Waals surface area contributed by atoms with Gasteiger partial charge in [0, 0.05) is 49.6 Å². The van der Waals surface area contributed by atoms with Crippen molar-refractivity contribution in [2.75, 3.05) is 4.90 Å². The first-order valence-corrected chi connectivity index (χ1v) is 33.9. The van der Waals surface area contributed by atoms with E-state index in [1.165, 1.54) is 139 Å². The number of hydrogen-bond acceptors (Lipinski definition) is 3. The van der Waals surface area contributed by atoms with E-state index in [1.807, 2.05) is 0 Å². The van der Waals surface area contributed by atoms with Crippen LogP contribution in [0.3, 0.4) is 0 Å². The molecular formula is C93H63NO2. The van der Waals surface area contributed by atoms with Gasteiger partial charge in [-0.1, -0.05) is 253 Å². The van der Waals surface area contributed by atoms with Gasteiger partial charge in [0.2, 0.25) is 0 Å². The molecule has 0 fully saturated rings. The van der Waals surface area contributed by atoms with Crippen LogP contribution in [0.2, 0.25) is 0 Å². The second-order valence-electron chi connectivity index (χ2n) is 28.9. The summed E-state index contributed by atoms with van der Waals surface area (Å²) in [5.74, 6) is 0. The summed E-state index contributed by atoms with van der Waals surface area (Å²) in [4.78, 5) is 2.53. The molecule has 0 N–H and O–H groups in total. The lowest BCUT2D eigenvalue weighted by Crippen LogP contribution is -2.27. The van der Waals surface area contributed by atoms with Crippen molar-refractivity contribution in [1.82, 2.24) is 0 Å². The number of nitrogens with zero attached hydrogens (tertiary/aromatic N) is 1. The minimum Gasteiger partial charge on any atom is -0.456 e. The summed E-state index contributed by atoms with van der Waals surface area (Å²) in [5, 5.41) is 4.62. The van der Waals surface area contributed by atoms with Crippen LogP contribution in [0.4, 0.5) is 17.1 Å². The summed E-state index contributed by atoms with van der Waals surface area (Å²) in [6.07, 6.45) is 0. The lowest BCUT2D eigenvalue weighted by Gasteiger charge is -2.33. The summed E-state index contributed by atoms with van der Waals surface area (Å²) in [5.41, 5.74) is 36.9. The fraction of sp³-hybridized carbons (Fsp3) is 0.0968. The number of hydrogen-bond donors (Lipinski definition) is 0. The average Bonchev–Trinajstić information content (AvgIpc) is 1.49. The topological polar surface area (TPSA) is 29.5 Å². The van der Waals surface area contributed by atoms with Crippen molar-refractivity contribution in [2.24, 2.45) is 0 Å². The maximum atomic E-state index is 7.01. The monoisotopic (exact) mass is 1230 g/mol. The van der Waals surface area contributed by atoms with Gasteiger partial charge in [0.1, 0.15) is 22.3 Å². The smallest absolute Gasteiger partial charge is 0.143 e. The summed E-state index contributed by atoms with van der Waals surface area (Å²) >= 11 is 0. The first-order valence-electron chi connectivity index (χ1n) is 33.9. The maximum absolute atomic E-state index is 7.01. The van der Waals surface area contributed by atoms with Gasteiger partial charge in [0.25, 0.3) is 0 Å². The summed E-state index contributed by atoms with van der Waals surface area (Å²) in [6.45, 7) is 11.7. The zero-order chi connectivity index (χ0) is 63.7. The maximum Gasteiger partial charge on any atom is 0.143 e. The number of rotatable bonds is 5. The highest BCUT2D eigenvalue weighted by Gasteiger charge is 2.57. The van der Waals surface area contributed by atoms with Gasteiger partial charge in [0.05, 0.1) is 10.8 Å². The molecule has 0 saturated heterocycles. The minimum absolute atomic E-state index is 0.0309. The Hall–Kier alpha value is -11.5. The van der Waals surface area contributed by atoms with Crippen LogP contribution in [0.15, 0.2) is 300 Å². The van der Waals surface area contributed by atoms with Crippen LogP contribution < -0.4 is 4.90 Å². The van der Waals surface area contributed by atoms with Crippen LogP contribution in [-0.2, 0) is 21.7 Å². The molecule has 0 aliphatic heterocycles. The normalized spacial score (nSPS) is 14.8. The molecule has 0 atom stereocenters. The third-order valence-electron chi connectivity index (χ3n) is 22.9. The van der Waals surface area contributed by atoms with Crippen molar-refractivity contribution < 1.29 is 8.83 Å². The van der Waals surface area contributed by atoms with E-state index >= 15 is 0 Å². The Morgan fingerprint density at radius 2 is 0.729 bits per heavy atom. The zero-order valence-corrected chi connectivity index (χ0v) is 54.0. The van der Waals surface area contributed by atoms with Crippen molar-refractivity contribution in [3.8, 4) is 77.9 Å². The zero-order valence-electron chi connectivity index (χ0n) is 54.0. The standard InChI is InChI=1S/C93H63NO2/c1-90(2,3)57-39-35-56(36-40-57)69-51-81-85(88-68-28-14-20-34-83(68)96-89(69)88)66-46-44-59(49-77(66)91(81,4)5)94(58-41-37-55(38-42-58)54-21-7-6-8-22-54)60-43-45-65-70-52-80-71(53-79(70)93(78(65)50-60)74-31-17-11-25-63(74)64-26-12-18-32-75(64)93)86-76(47-48-84-87(86)67-27-13-19-33-82(67)95-84)92(80)72-29-15-9-23-61(72)62-24-10-16-30-73(62)92/h6-53H,1-5H3. The first kappa shape index (κ1) is 53.9. The Morgan fingerprint density at radius 3 is 1.35 bits per heavy atom. The number of fused-ring (bicyclic) bond motifs is 31. The quantitative estimate of drug-likeness (QED) is 0.172. The van der Waals surface area contributed by atoms with Gasteiger partial charge < -0.3 is 13.7 Å². The van der Waals surface area contributed by atoms with Crippen molar-refractivity contribution in [3.63, 3.8) is 0 Å². The van der Waals surface area contributed by atoms with Gasteiger partial charge in [-0.2, -0.15) is 0 Å². The van der Waals surface area contributed by atoms with Crippen LogP contribution in [0.1, 0.15) is 95.8 Å². The predicted octanol–water partition coefficient (Wildman–Crippen LogP) is 24.6. The van der Waals surface area contributed by atoms with Crippen molar-refractivity contribution >= 4 is 60.9 Å². The first-order chi connectivity index (χ1) is 47.0. The van der Waals surface area contributed by atoms with Gasteiger partial charge in [-0.15, -0.1) is 0 Å². The Kier molecular flexibility index (Phi) is 10.6. The molecule has 0 amide bonds. The molecule has 14 aromatic carbocycles. The highest BCUT2D eigenvalue weighted by atomic mass is 16.3. The average molecular weight is 1230 g/mol. The predicted molar refractivity (Wildman–Crippen MR) is 395 cm³/mol. The van der Waals surface area contributed by atoms with Crippen LogP contribution in [-0.4, -0.2) is 0 Å². The third kappa shape index (κ3) is 6.81. The fourth-order valence-electron chi connectivity index (χ4n) is 18.7. The summed E-state index contributed by atoms with van der Waals surface area (Å²) in [7, 11) is 0. The van der Waals surface area contributed by atoms with Gasteiger partial charge in [-0.05, 0) is 212 Å². The number of para-hydroxylation sites is 2. The number of anilines is 3. The van der Waals surface area contributed by atoms with E-state index in [0.29, 0.717) is 0 Å². The Labute approximate surface area is 557 Å². The van der Waals surface area contributed by atoms with E-state index in [2.05, 4.69) is 331 Å². The largest absolute Gasteiger partial charge is 0.456 e. The van der Waals surface area contributed by atoms with Crippen LogP contribution in [0, 0.1) is 0 Å². The number of benzene rings is 14. The SMILES string of the molecule is CC(C)(C)c1ccc(-c2cc3c(c4c2oc2ccccc24)-c2ccc(N(c4ccc(-c5ccccc5)cc4)c4ccc5c(c4)C4(c6ccccc6-c6ccccc64)c4cc6c(cc4-5)C4(c5ccccc5-c5ccccc54)c4ccc5oc7ccccc7c5c4-6)cc2C3(C)C)cc1. The van der Waals surface area contributed by atoms with E-state index in [4.69, 9.17) is 8.83 Å². The highest BCUT2D eigenvalue weighted by molar-refractivity contribution is 6.20. The molecule has 0 radical (unpaired) electrons. The second-order valence-corrected chi connectivity index (χ2v) is 28.9. The van der Waals surface area contributed by atoms with Gasteiger partial charge >= 0.3 is 0 Å². The molecule has 0 bridgehead atoms. The van der Waals surface area contributed by atoms with Crippen molar-refractivity contribution in [1.29, 1.82) is 0 Å². The van der Waals surface area contributed by atoms with E-state index in [0.717, 1.165) is 61.3 Å². The lowest BCUT2D eigenvalue weighted by atomic mass is 9.68. The molecule has 96 heavy (non-hydrogen) atoms. The van der Waals surface area contributed by atoms with E-state index < -0.39 is 10.8 Å². The van der Waals surface area contributed by atoms with Crippen molar-refractivity contribution in [2.45, 2.75) is 56.3 Å². The van der Waals surface area contributed by atoms with Crippen LogP contribution in [0.5, 0.6) is 0 Å². The fourth-order valence-corrected chi connectivity index (χ4v) is 18.7. The molecule has 2 heterocycles. The molecule has 5 aliphatic rings. The van der Waals surface area contributed by atoms with E-state index in [9.17, 15) is 0 Å². The molecular weight excluding hydrogens is 1160 g/mol. The molecule has 3 nitrogen and oxygen atoms in total. The molecule has 3 heteroatoms. The van der Waals surface area contributed by atoms with Gasteiger partial charge in [0.15, 0.2) is 0 Å². The molecule has 452 valence electrons. The minimum atomic E-state index is -0.690. The van der Waals surface area contributed by atoms with E-state index in [1.54, 1.807) is 0 Å². The Bertz CT molecular complexity index is 5990. The van der Waals surface area contributed by atoms with Gasteiger partial charge in [-0.3, -0.25) is 0 Å². The second kappa shape index (κ2) is 18.9. The van der Waals surface area contributed by atoms with Gasteiger partial charge in [-0.25, -0.2) is 0 Å². The molecule has 5 aliphatic carbocycles. The molecule has 2 spiro atoms. The van der Waals surface area contributed by atoms with Crippen LogP contribution >= 0.6 is 0 Å². The van der Waals surface area contributed by atoms with Crippen molar-refractivity contribution in [3.05, 3.63) is 352 Å². The molecule has 0 saturated carbocycles. The summed E-state index contributed by atoms with van der Waals surface area (Å²) in [6, 6.07) is 110. The Morgan fingerprint density at radius 1 is 0.281 bits per heavy atom. The number of furan rings is 2. The summed E-state index contributed by atoms with van der Waals surface area (Å²) < 4.78 is 13.9. The molecule has 2 aromatic heterocycles. The third-order valence-corrected chi connectivity index (χ3v) is 22.9. The molecule has 21 rings (SSSR count). The molecule has 16 aromatic rings. The van der Waals surface area contributed by atoms with E-state index in [-0.39, 0.29) is 10.8 Å². The highest BCUT2D eigenvalue weighted by Crippen LogP contribution is 2.70. The molecule has 0 unspecified atom stereocenters. The lowest BCUT2D eigenvalue weighted by molar-refractivity contribution is 0.590. The Balaban J connectivity index is 0.816.